The number of aromatic amines is 1. The van der Waals surface area contributed by atoms with Crippen LogP contribution in [0, 0.1) is 6.92 Å². The Bertz CT molecular complexity index is 1010. The number of nitrogens with one attached hydrogen (secondary N) is 1. The number of nitrogens with zero attached hydrogens (tertiary/aromatic N) is 5. The highest BCUT2D eigenvalue weighted by molar-refractivity contribution is 7.15. The van der Waals surface area contributed by atoms with E-state index < -0.39 is 0 Å². The molecule has 0 bridgehead atoms. The van der Waals surface area contributed by atoms with E-state index in [-0.39, 0.29) is 5.91 Å². The van der Waals surface area contributed by atoms with E-state index in [1.165, 1.54) is 18.5 Å². The molecular weight excluding hydrogens is 396 g/mol. The van der Waals surface area contributed by atoms with E-state index in [2.05, 4.69) is 38.0 Å². The maximum atomic E-state index is 13.2. The molecule has 1 amide bonds. The first-order valence-electron chi connectivity index (χ1n) is 11.2. The predicted molar refractivity (Wildman–Crippen MR) is 118 cm³/mol. The van der Waals surface area contributed by atoms with E-state index in [1.54, 1.807) is 17.5 Å². The minimum Gasteiger partial charge on any atom is -0.339 e. The van der Waals surface area contributed by atoms with Crippen molar-refractivity contribution in [1.29, 1.82) is 0 Å². The molecule has 0 saturated carbocycles. The number of aryl methyl sites for hydroxylation is 1. The molecule has 3 aromatic heterocycles. The van der Waals surface area contributed by atoms with Crippen LogP contribution in [0.5, 0.6) is 0 Å². The largest absolute Gasteiger partial charge is 0.339 e. The van der Waals surface area contributed by atoms with Crippen molar-refractivity contribution in [3.8, 4) is 0 Å². The standard InChI is InChI=1S/C22H30N6OS/c1-16-19(28-11-12-30-22(28)24-16)15-26-8-6-7-17(14-26)20-18(13-23-25-20)21(29)27-9-4-2-3-5-10-27/h11-13,17H,2-10,14-15H2,1H3,(H,23,25)/t17-/m1/s1. The van der Waals surface area contributed by atoms with Crippen molar-refractivity contribution in [2.75, 3.05) is 26.2 Å². The van der Waals surface area contributed by atoms with Crippen molar-refractivity contribution in [2.45, 2.75) is 57.9 Å². The smallest absolute Gasteiger partial charge is 0.257 e. The molecular formula is C22H30N6OS. The number of amides is 1. The Morgan fingerprint density at radius 1 is 1.20 bits per heavy atom. The van der Waals surface area contributed by atoms with Crippen molar-refractivity contribution in [1.82, 2.24) is 29.4 Å². The van der Waals surface area contributed by atoms with E-state index >= 15 is 0 Å². The molecule has 7 nitrogen and oxygen atoms in total. The van der Waals surface area contributed by atoms with Gasteiger partial charge in [-0.25, -0.2) is 4.98 Å². The van der Waals surface area contributed by atoms with Crippen LogP contribution in [0.1, 0.15) is 71.9 Å². The highest BCUT2D eigenvalue weighted by atomic mass is 32.1. The molecule has 0 unspecified atom stereocenters. The van der Waals surface area contributed by atoms with Crippen LogP contribution in [0.4, 0.5) is 0 Å². The number of H-pyrrole nitrogens is 1. The maximum Gasteiger partial charge on any atom is 0.257 e. The molecule has 5 rings (SSSR count). The Labute approximate surface area is 181 Å². The van der Waals surface area contributed by atoms with E-state index in [4.69, 9.17) is 4.98 Å². The van der Waals surface area contributed by atoms with E-state index in [0.717, 1.165) is 80.3 Å². The van der Waals surface area contributed by atoms with Crippen molar-refractivity contribution in [2.24, 2.45) is 0 Å². The van der Waals surface area contributed by atoms with Crippen LogP contribution in [0.25, 0.3) is 4.96 Å². The van der Waals surface area contributed by atoms with Crippen LogP contribution in [-0.2, 0) is 6.54 Å². The van der Waals surface area contributed by atoms with Crippen molar-refractivity contribution >= 4 is 22.2 Å². The molecule has 0 aliphatic carbocycles. The fraction of sp³-hybridized carbons (Fsp3) is 0.591. The molecule has 8 heteroatoms. The number of likely N-dealkylation sites (tertiary alicyclic amines) is 2. The van der Waals surface area contributed by atoms with Gasteiger partial charge in [0.2, 0.25) is 0 Å². The number of thiazole rings is 1. The number of rotatable bonds is 4. The minimum atomic E-state index is 0.157. The average Bonchev–Trinajstić information content (AvgIpc) is 3.41. The van der Waals surface area contributed by atoms with Crippen LogP contribution in [0.15, 0.2) is 17.8 Å². The molecule has 0 radical (unpaired) electrons. The SMILES string of the molecule is Cc1nc2sccn2c1CN1CCC[C@@H](c2[nH]ncc2C(=O)N2CCCCCC2)C1. The molecule has 160 valence electrons. The van der Waals surface area contributed by atoms with Gasteiger partial charge in [0.1, 0.15) is 0 Å². The minimum absolute atomic E-state index is 0.157. The number of imidazole rings is 1. The van der Waals surface area contributed by atoms with Gasteiger partial charge in [0, 0.05) is 43.7 Å². The number of carbonyl (C=O) groups is 1. The van der Waals surface area contributed by atoms with Crippen LogP contribution in [-0.4, -0.2) is 61.5 Å². The highest BCUT2D eigenvalue weighted by Crippen LogP contribution is 2.30. The molecule has 2 aliphatic heterocycles. The Kier molecular flexibility index (Phi) is 5.60. The van der Waals surface area contributed by atoms with Gasteiger partial charge in [0.25, 0.3) is 5.91 Å². The summed E-state index contributed by atoms with van der Waals surface area (Å²) in [5, 5.41) is 9.56. The third kappa shape index (κ3) is 3.78. The first-order chi connectivity index (χ1) is 14.7. The van der Waals surface area contributed by atoms with Gasteiger partial charge in [0.15, 0.2) is 4.96 Å². The lowest BCUT2D eigenvalue weighted by atomic mass is 9.92. The Hall–Kier alpha value is -2.19. The second kappa shape index (κ2) is 8.51. The van der Waals surface area contributed by atoms with Crippen LogP contribution >= 0.6 is 11.3 Å². The summed E-state index contributed by atoms with van der Waals surface area (Å²) in [5.74, 6) is 0.475. The number of piperidine rings is 1. The molecule has 1 atom stereocenters. The maximum absolute atomic E-state index is 13.2. The normalized spacial score (nSPS) is 21.2. The van der Waals surface area contributed by atoms with Crippen LogP contribution in [0.2, 0.25) is 0 Å². The lowest BCUT2D eigenvalue weighted by Crippen LogP contribution is -2.36. The quantitative estimate of drug-likeness (QED) is 0.689. The molecule has 0 aromatic carbocycles. The Morgan fingerprint density at radius 2 is 2.03 bits per heavy atom. The first kappa shape index (κ1) is 19.8. The van der Waals surface area contributed by atoms with Crippen molar-refractivity contribution in [3.63, 3.8) is 0 Å². The molecule has 30 heavy (non-hydrogen) atoms. The number of hydrogen-bond donors (Lipinski definition) is 1. The first-order valence-corrected chi connectivity index (χ1v) is 12.0. The van der Waals surface area contributed by atoms with Crippen molar-refractivity contribution in [3.05, 3.63) is 40.4 Å². The number of hydrogen-bond acceptors (Lipinski definition) is 5. The van der Waals surface area contributed by atoms with Gasteiger partial charge < -0.3 is 4.90 Å². The summed E-state index contributed by atoms with van der Waals surface area (Å²) < 4.78 is 2.22. The monoisotopic (exact) mass is 426 g/mol. The van der Waals surface area contributed by atoms with Gasteiger partial charge in [-0.3, -0.25) is 19.2 Å². The molecule has 2 fully saturated rings. The fourth-order valence-corrected chi connectivity index (χ4v) is 5.78. The lowest BCUT2D eigenvalue weighted by molar-refractivity contribution is 0.0759. The van der Waals surface area contributed by atoms with Crippen molar-refractivity contribution < 1.29 is 4.79 Å². The van der Waals surface area contributed by atoms with E-state index in [1.807, 2.05) is 4.90 Å². The predicted octanol–water partition coefficient (Wildman–Crippen LogP) is 3.82. The second-order valence-corrected chi connectivity index (χ2v) is 9.55. The molecule has 5 heterocycles. The zero-order valence-electron chi connectivity index (χ0n) is 17.6. The summed E-state index contributed by atoms with van der Waals surface area (Å²) in [4.78, 5) is 23.5. The summed E-state index contributed by atoms with van der Waals surface area (Å²) in [7, 11) is 0. The molecule has 2 aliphatic rings. The van der Waals surface area contributed by atoms with Gasteiger partial charge in [-0.2, -0.15) is 5.10 Å². The van der Waals surface area contributed by atoms with E-state index in [9.17, 15) is 4.79 Å². The fourth-order valence-electron chi connectivity index (χ4n) is 5.00. The summed E-state index contributed by atoms with van der Waals surface area (Å²) in [6.07, 6.45) is 10.8. The average molecular weight is 427 g/mol. The topological polar surface area (TPSA) is 69.5 Å². The molecule has 2 saturated heterocycles. The zero-order chi connectivity index (χ0) is 20.5. The summed E-state index contributed by atoms with van der Waals surface area (Å²) in [6.45, 7) is 6.76. The molecule has 1 N–H and O–H groups in total. The number of carbonyl (C=O) groups excluding carboxylic acids is 1. The van der Waals surface area contributed by atoms with Crippen LogP contribution in [0.3, 0.4) is 0 Å². The third-order valence-electron chi connectivity index (χ3n) is 6.64. The third-order valence-corrected chi connectivity index (χ3v) is 7.40. The number of fused-ring (bicyclic) bond motifs is 1. The van der Waals surface area contributed by atoms with Gasteiger partial charge >= 0.3 is 0 Å². The molecule has 3 aromatic rings. The van der Waals surface area contributed by atoms with Gasteiger partial charge in [-0.05, 0) is 39.2 Å². The summed E-state index contributed by atoms with van der Waals surface area (Å²) in [6, 6.07) is 0. The van der Waals surface area contributed by atoms with Gasteiger partial charge in [0.05, 0.1) is 28.8 Å². The summed E-state index contributed by atoms with van der Waals surface area (Å²) >= 11 is 1.68. The van der Waals surface area contributed by atoms with Gasteiger partial charge in [-0.15, -0.1) is 11.3 Å². The lowest BCUT2D eigenvalue weighted by Gasteiger charge is -2.32. The van der Waals surface area contributed by atoms with Gasteiger partial charge in [-0.1, -0.05) is 12.8 Å². The van der Waals surface area contributed by atoms with E-state index in [0.29, 0.717) is 5.92 Å². The second-order valence-electron chi connectivity index (χ2n) is 8.68. The molecule has 0 spiro atoms. The van der Waals surface area contributed by atoms with Crippen LogP contribution < -0.4 is 0 Å². The zero-order valence-corrected chi connectivity index (χ0v) is 18.5. The Morgan fingerprint density at radius 3 is 2.87 bits per heavy atom. The Balaban J connectivity index is 1.32. The highest BCUT2D eigenvalue weighted by Gasteiger charge is 2.29. The summed E-state index contributed by atoms with van der Waals surface area (Å²) in [5.41, 5.74) is 4.20. The number of aromatic nitrogens is 4.